The number of nitrogens with zero attached hydrogens (tertiary/aromatic N) is 3. The highest BCUT2D eigenvalue weighted by molar-refractivity contribution is 5.50. The summed E-state index contributed by atoms with van der Waals surface area (Å²) in [6.45, 7) is 4.86. The van der Waals surface area contributed by atoms with E-state index in [0.717, 1.165) is 30.2 Å². The SMILES string of the molecule is CCCNc1cc(Oc2cccc(N(C)C)c2)nc(C)n1. The summed E-state index contributed by atoms with van der Waals surface area (Å²) >= 11 is 0. The third kappa shape index (κ3) is 4.34. The van der Waals surface area contributed by atoms with Crippen molar-refractivity contribution in [2.75, 3.05) is 30.9 Å². The van der Waals surface area contributed by atoms with Gasteiger partial charge in [-0.1, -0.05) is 13.0 Å². The van der Waals surface area contributed by atoms with Crippen molar-refractivity contribution in [3.8, 4) is 11.6 Å². The Balaban J connectivity index is 2.18. The van der Waals surface area contributed by atoms with Crippen molar-refractivity contribution in [1.29, 1.82) is 0 Å². The van der Waals surface area contributed by atoms with Crippen molar-refractivity contribution in [3.63, 3.8) is 0 Å². The second-order valence-corrected chi connectivity index (χ2v) is 5.06. The largest absolute Gasteiger partial charge is 0.439 e. The normalized spacial score (nSPS) is 10.3. The molecule has 1 aromatic heterocycles. The van der Waals surface area contributed by atoms with E-state index in [4.69, 9.17) is 4.74 Å². The molecule has 5 nitrogen and oxygen atoms in total. The van der Waals surface area contributed by atoms with Crippen LogP contribution in [0.5, 0.6) is 11.6 Å². The van der Waals surface area contributed by atoms with E-state index < -0.39 is 0 Å². The van der Waals surface area contributed by atoms with Gasteiger partial charge in [-0.2, -0.15) is 4.98 Å². The summed E-state index contributed by atoms with van der Waals surface area (Å²) in [5.41, 5.74) is 1.09. The highest BCUT2D eigenvalue weighted by atomic mass is 16.5. The first kappa shape index (κ1) is 15.1. The fourth-order valence-corrected chi connectivity index (χ4v) is 1.88. The zero-order valence-electron chi connectivity index (χ0n) is 13.1. The summed E-state index contributed by atoms with van der Waals surface area (Å²) < 4.78 is 5.85. The number of hydrogen-bond donors (Lipinski definition) is 1. The predicted molar refractivity (Wildman–Crippen MR) is 86.4 cm³/mol. The molecule has 0 aliphatic rings. The lowest BCUT2D eigenvalue weighted by molar-refractivity contribution is 0.460. The van der Waals surface area contributed by atoms with Crippen LogP contribution < -0.4 is 15.0 Å². The molecule has 0 fully saturated rings. The lowest BCUT2D eigenvalue weighted by Crippen LogP contribution is -2.08. The van der Waals surface area contributed by atoms with Crippen molar-refractivity contribution < 1.29 is 4.74 Å². The number of rotatable bonds is 6. The van der Waals surface area contributed by atoms with Crippen molar-refractivity contribution in [1.82, 2.24) is 9.97 Å². The Morgan fingerprint density at radius 1 is 1.19 bits per heavy atom. The van der Waals surface area contributed by atoms with Gasteiger partial charge in [0.2, 0.25) is 5.88 Å². The van der Waals surface area contributed by atoms with E-state index in [9.17, 15) is 0 Å². The first-order chi connectivity index (χ1) is 10.1. The molecule has 0 aliphatic heterocycles. The maximum absolute atomic E-state index is 5.85. The third-order valence-corrected chi connectivity index (χ3v) is 2.93. The fourth-order valence-electron chi connectivity index (χ4n) is 1.88. The molecule has 0 spiro atoms. The summed E-state index contributed by atoms with van der Waals surface area (Å²) in [7, 11) is 4.00. The van der Waals surface area contributed by atoms with Crippen LogP contribution in [0.3, 0.4) is 0 Å². The molecule has 0 atom stereocenters. The van der Waals surface area contributed by atoms with E-state index in [0.29, 0.717) is 11.7 Å². The highest BCUT2D eigenvalue weighted by Crippen LogP contribution is 2.25. The van der Waals surface area contributed by atoms with Crippen LogP contribution in [0.2, 0.25) is 0 Å². The van der Waals surface area contributed by atoms with Crippen LogP contribution in [0.4, 0.5) is 11.5 Å². The van der Waals surface area contributed by atoms with Crippen LogP contribution in [-0.2, 0) is 0 Å². The fraction of sp³-hybridized carbons (Fsp3) is 0.375. The van der Waals surface area contributed by atoms with Gasteiger partial charge >= 0.3 is 0 Å². The van der Waals surface area contributed by atoms with Gasteiger partial charge in [-0.25, -0.2) is 4.98 Å². The van der Waals surface area contributed by atoms with E-state index >= 15 is 0 Å². The van der Waals surface area contributed by atoms with E-state index in [1.54, 1.807) is 0 Å². The molecular formula is C16H22N4O. The van der Waals surface area contributed by atoms with Crippen LogP contribution in [0.25, 0.3) is 0 Å². The average molecular weight is 286 g/mol. The molecular weight excluding hydrogens is 264 g/mol. The second kappa shape index (κ2) is 6.92. The maximum atomic E-state index is 5.85. The van der Waals surface area contributed by atoms with Crippen LogP contribution in [0, 0.1) is 6.92 Å². The number of nitrogens with one attached hydrogen (secondary N) is 1. The Morgan fingerprint density at radius 2 is 2.00 bits per heavy atom. The molecule has 21 heavy (non-hydrogen) atoms. The summed E-state index contributed by atoms with van der Waals surface area (Å²) in [4.78, 5) is 10.7. The molecule has 1 N–H and O–H groups in total. The van der Waals surface area contributed by atoms with Crippen molar-refractivity contribution in [3.05, 3.63) is 36.2 Å². The summed E-state index contributed by atoms with van der Waals surface area (Å²) in [5.74, 6) is 2.80. The molecule has 0 radical (unpaired) electrons. The van der Waals surface area contributed by atoms with Gasteiger partial charge in [-0.05, 0) is 25.5 Å². The first-order valence-corrected chi connectivity index (χ1v) is 7.13. The second-order valence-electron chi connectivity index (χ2n) is 5.06. The topological polar surface area (TPSA) is 50.3 Å². The van der Waals surface area contributed by atoms with Crippen molar-refractivity contribution >= 4 is 11.5 Å². The van der Waals surface area contributed by atoms with Crippen LogP contribution in [0.1, 0.15) is 19.2 Å². The molecule has 0 aliphatic carbocycles. The molecule has 1 aromatic carbocycles. The highest BCUT2D eigenvalue weighted by Gasteiger charge is 2.05. The van der Waals surface area contributed by atoms with Crippen LogP contribution >= 0.6 is 0 Å². The third-order valence-electron chi connectivity index (χ3n) is 2.93. The number of benzene rings is 1. The van der Waals surface area contributed by atoms with E-state index in [2.05, 4.69) is 22.2 Å². The van der Waals surface area contributed by atoms with E-state index in [1.165, 1.54) is 0 Å². The minimum Gasteiger partial charge on any atom is -0.439 e. The molecule has 1 heterocycles. The summed E-state index contributed by atoms with van der Waals surface area (Å²) in [6, 6.07) is 9.73. The molecule has 0 saturated heterocycles. The molecule has 0 amide bonds. The average Bonchev–Trinajstić information content (AvgIpc) is 2.45. The lowest BCUT2D eigenvalue weighted by atomic mass is 10.3. The molecule has 2 rings (SSSR count). The zero-order chi connectivity index (χ0) is 15.2. The summed E-state index contributed by atoms with van der Waals surface area (Å²) in [6.07, 6.45) is 1.05. The minimum atomic E-state index is 0.553. The Kier molecular flexibility index (Phi) is 4.98. The number of aromatic nitrogens is 2. The maximum Gasteiger partial charge on any atom is 0.224 e. The standard InChI is InChI=1S/C16H22N4O/c1-5-9-17-15-11-16(19-12(2)18-15)21-14-8-6-7-13(10-14)20(3)4/h6-8,10-11H,5,9H2,1-4H3,(H,17,18,19). The Hall–Kier alpha value is -2.30. The van der Waals surface area contributed by atoms with Gasteiger partial charge in [-0.15, -0.1) is 0 Å². The van der Waals surface area contributed by atoms with E-state index in [-0.39, 0.29) is 0 Å². The molecule has 0 saturated carbocycles. The van der Waals surface area contributed by atoms with Gasteiger partial charge in [0.15, 0.2) is 0 Å². The quantitative estimate of drug-likeness (QED) is 0.881. The molecule has 0 unspecified atom stereocenters. The Labute approximate surface area is 126 Å². The zero-order valence-corrected chi connectivity index (χ0v) is 13.1. The Bertz CT molecular complexity index is 599. The van der Waals surface area contributed by atoms with Crippen LogP contribution in [0.15, 0.2) is 30.3 Å². The number of anilines is 2. The van der Waals surface area contributed by atoms with Crippen molar-refractivity contribution in [2.24, 2.45) is 0 Å². The first-order valence-electron chi connectivity index (χ1n) is 7.13. The molecule has 5 heteroatoms. The van der Waals surface area contributed by atoms with Gasteiger partial charge in [-0.3, -0.25) is 0 Å². The monoisotopic (exact) mass is 286 g/mol. The Morgan fingerprint density at radius 3 is 2.71 bits per heavy atom. The lowest BCUT2D eigenvalue weighted by Gasteiger charge is -2.14. The number of hydrogen-bond acceptors (Lipinski definition) is 5. The van der Waals surface area contributed by atoms with Gasteiger partial charge < -0.3 is 15.0 Å². The van der Waals surface area contributed by atoms with Gasteiger partial charge in [0.05, 0.1) is 0 Å². The predicted octanol–water partition coefficient (Wildman–Crippen LogP) is 3.47. The molecule has 0 bridgehead atoms. The minimum absolute atomic E-state index is 0.553. The van der Waals surface area contributed by atoms with Gasteiger partial charge in [0.25, 0.3) is 0 Å². The molecule has 112 valence electrons. The number of aryl methyl sites for hydroxylation is 1. The number of ether oxygens (including phenoxy) is 1. The van der Waals surface area contributed by atoms with E-state index in [1.807, 2.05) is 56.3 Å². The summed E-state index contributed by atoms with van der Waals surface area (Å²) in [5, 5.41) is 3.25. The van der Waals surface area contributed by atoms with Crippen LogP contribution in [-0.4, -0.2) is 30.6 Å². The smallest absolute Gasteiger partial charge is 0.224 e. The van der Waals surface area contributed by atoms with Gasteiger partial charge in [0, 0.05) is 38.5 Å². The van der Waals surface area contributed by atoms with Gasteiger partial charge in [0.1, 0.15) is 17.4 Å². The van der Waals surface area contributed by atoms with Crippen molar-refractivity contribution in [2.45, 2.75) is 20.3 Å². The molecule has 2 aromatic rings.